The molecule has 10 nitrogen and oxygen atoms in total. The summed E-state index contributed by atoms with van der Waals surface area (Å²) in [5.41, 5.74) is -1.73. The first-order chi connectivity index (χ1) is 23.3. The molecule has 1 aliphatic carbocycles. The number of carbonyl (C=O) groups is 2. The number of unbranched alkanes of at least 4 members (excludes halogenated alkanes) is 1. The van der Waals surface area contributed by atoms with Crippen molar-refractivity contribution >= 4 is 11.8 Å². The highest BCUT2D eigenvalue weighted by molar-refractivity contribution is 5.94. The van der Waals surface area contributed by atoms with Crippen molar-refractivity contribution in [1.82, 2.24) is 10.6 Å². The summed E-state index contributed by atoms with van der Waals surface area (Å²) in [7, 11) is 4.52. The number of benzene rings is 4. The van der Waals surface area contributed by atoms with Gasteiger partial charge in [-0.25, -0.2) is 0 Å². The topological polar surface area (TPSA) is 136 Å². The molecule has 4 aromatic carbocycles. The van der Waals surface area contributed by atoms with Gasteiger partial charge in [0, 0.05) is 36.7 Å². The number of ether oxygens (including phenoxy) is 4. The van der Waals surface area contributed by atoms with Gasteiger partial charge in [-0.05, 0) is 48.2 Å². The second-order valence-corrected chi connectivity index (χ2v) is 12.0. The number of amides is 2. The fourth-order valence-electron chi connectivity index (χ4n) is 7.25. The molecule has 0 aromatic heterocycles. The normalized spacial score (nSPS) is 23.7. The number of methoxy groups -OCH3 is 3. The molecule has 1 aliphatic heterocycles. The molecule has 6 rings (SSSR count). The van der Waals surface area contributed by atoms with Gasteiger partial charge < -0.3 is 39.8 Å². The molecule has 5 atom stereocenters. The fraction of sp³-hybridized carbons (Fsp3) is 0.316. The Kier molecular flexibility index (Phi) is 9.30. The van der Waals surface area contributed by atoms with E-state index in [9.17, 15) is 19.8 Å². The van der Waals surface area contributed by atoms with Crippen LogP contribution in [0.5, 0.6) is 23.0 Å². The van der Waals surface area contributed by atoms with Crippen LogP contribution in [0.15, 0.2) is 97.1 Å². The first-order valence-corrected chi connectivity index (χ1v) is 16.0. The van der Waals surface area contributed by atoms with E-state index in [1.54, 1.807) is 55.6 Å². The number of aliphatic hydroxyl groups excluding tert-OH is 1. The number of hydrogen-bond donors (Lipinski definition) is 4. The summed E-state index contributed by atoms with van der Waals surface area (Å²) in [6, 6.07) is 28.6. The average molecular weight is 653 g/mol. The number of rotatable bonds is 12. The maximum absolute atomic E-state index is 14.5. The summed E-state index contributed by atoms with van der Waals surface area (Å²) in [5.74, 6) is -1.19. The number of carbonyl (C=O) groups excluding carboxylic acids is 2. The zero-order valence-corrected chi connectivity index (χ0v) is 27.1. The Balaban J connectivity index is 1.36. The molecule has 0 unspecified atom stereocenters. The van der Waals surface area contributed by atoms with Gasteiger partial charge in [-0.3, -0.25) is 9.59 Å². The van der Waals surface area contributed by atoms with Crippen LogP contribution in [0.1, 0.15) is 45.8 Å². The van der Waals surface area contributed by atoms with E-state index < -0.39 is 35.0 Å². The van der Waals surface area contributed by atoms with Crippen LogP contribution in [0.4, 0.5) is 0 Å². The Morgan fingerprint density at radius 2 is 1.42 bits per heavy atom. The Morgan fingerprint density at radius 3 is 2.04 bits per heavy atom. The van der Waals surface area contributed by atoms with Crippen LogP contribution in [0.3, 0.4) is 0 Å². The molecule has 0 saturated heterocycles. The van der Waals surface area contributed by atoms with E-state index in [4.69, 9.17) is 18.9 Å². The minimum atomic E-state index is -2.14. The van der Waals surface area contributed by atoms with Crippen molar-refractivity contribution in [1.29, 1.82) is 0 Å². The second-order valence-electron chi connectivity index (χ2n) is 12.0. The van der Waals surface area contributed by atoms with Gasteiger partial charge in [0.25, 0.3) is 5.91 Å². The van der Waals surface area contributed by atoms with Gasteiger partial charge in [0.15, 0.2) is 5.60 Å². The maximum atomic E-state index is 14.5. The Labute approximate surface area is 279 Å². The highest BCUT2D eigenvalue weighted by Gasteiger charge is 2.76. The summed E-state index contributed by atoms with van der Waals surface area (Å²) in [6.07, 6.45) is -0.405. The summed E-state index contributed by atoms with van der Waals surface area (Å²) in [4.78, 5) is 26.9. The zero-order valence-electron chi connectivity index (χ0n) is 27.1. The fourth-order valence-corrected chi connectivity index (χ4v) is 7.25. The van der Waals surface area contributed by atoms with Crippen molar-refractivity contribution in [3.63, 3.8) is 0 Å². The van der Waals surface area contributed by atoms with Crippen LogP contribution >= 0.6 is 0 Å². The molecular formula is C38H40N2O8. The van der Waals surface area contributed by atoms with Crippen LogP contribution in [-0.4, -0.2) is 62.6 Å². The minimum absolute atomic E-state index is 0.159. The molecule has 0 radical (unpaired) electrons. The molecule has 2 bridgehead atoms. The smallest absolute Gasteiger partial charge is 0.251 e. The predicted octanol–water partition coefficient (Wildman–Crippen LogP) is 4.29. The maximum Gasteiger partial charge on any atom is 0.251 e. The standard InChI is InChI=1S/C38H40N2O8/c1-45-27-18-16-26(17-19-27)38-31(24-12-6-4-7-13-24)33(35(42)40-21-11-10-20-39-34(41)25-14-8-5-9-15-25)37(44,36(38)43)32-29(47-3)22-28(46-2)23-30(32)48-38/h4-9,12-19,22-23,31,33,36,43-44H,10-11,20-21H2,1-3H3,(H,39,41)(H,40,42)/t31-,33+,36-,37+,38+/m1/s1. The lowest BCUT2D eigenvalue weighted by molar-refractivity contribution is -0.162. The van der Waals surface area contributed by atoms with E-state index in [0.29, 0.717) is 47.6 Å². The van der Waals surface area contributed by atoms with Crippen molar-refractivity contribution in [3.8, 4) is 23.0 Å². The number of fused-ring (bicyclic) bond motifs is 4. The molecule has 0 spiro atoms. The van der Waals surface area contributed by atoms with Crippen molar-refractivity contribution in [2.45, 2.75) is 36.1 Å². The van der Waals surface area contributed by atoms with Crippen LogP contribution in [0.2, 0.25) is 0 Å². The van der Waals surface area contributed by atoms with Crippen molar-refractivity contribution in [2.24, 2.45) is 5.92 Å². The quantitative estimate of drug-likeness (QED) is 0.167. The molecule has 2 amide bonds. The molecule has 1 heterocycles. The van der Waals surface area contributed by atoms with E-state index in [1.165, 1.54) is 14.2 Å². The van der Waals surface area contributed by atoms with Crippen LogP contribution < -0.4 is 29.6 Å². The predicted molar refractivity (Wildman–Crippen MR) is 178 cm³/mol. The molecule has 4 aromatic rings. The molecule has 250 valence electrons. The van der Waals surface area contributed by atoms with Crippen LogP contribution in [-0.2, 0) is 16.0 Å². The van der Waals surface area contributed by atoms with Crippen molar-refractivity contribution in [3.05, 3.63) is 119 Å². The van der Waals surface area contributed by atoms with Gasteiger partial charge in [0.05, 0.1) is 32.8 Å². The molecule has 10 heteroatoms. The van der Waals surface area contributed by atoms with Crippen LogP contribution in [0.25, 0.3) is 0 Å². The highest BCUT2D eigenvalue weighted by Crippen LogP contribution is 2.68. The molecular weight excluding hydrogens is 612 g/mol. The minimum Gasteiger partial charge on any atom is -0.497 e. The third kappa shape index (κ3) is 5.50. The molecule has 4 N–H and O–H groups in total. The van der Waals surface area contributed by atoms with E-state index in [2.05, 4.69) is 10.6 Å². The van der Waals surface area contributed by atoms with Crippen molar-refractivity contribution in [2.75, 3.05) is 34.4 Å². The number of aliphatic hydroxyl groups is 2. The zero-order chi connectivity index (χ0) is 33.9. The van der Waals surface area contributed by atoms with E-state index in [1.807, 2.05) is 48.5 Å². The van der Waals surface area contributed by atoms with Gasteiger partial charge in [-0.15, -0.1) is 0 Å². The van der Waals surface area contributed by atoms with Gasteiger partial charge >= 0.3 is 0 Å². The van der Waals surface area contributed by atoms with E-state index >= 15 is 0 Å². The molecule has 48 heavy (non-hydrogen) atoms. The van der Waals surface area contributed by atoms with E-state index in [-0.39, 0.29) is 29.5 Å². The lowest BCUT2D eigenvalue weighted by Crippen LogP contribution is -2.55. The van der Waals surface area contributed by atoms with Gasteiger partial charge in [0.1, 0.15) is 34.7 Å². The van der Waals surface area contributed by atoms with Crippen molar-refractivity contribution < 1.29 is 38.7 Å². The summed E-state index contributed by atoms with van der Waals surface area (Å²) < 4.78 is 23.5. The summed E-state index contributed by atoms with van der Waals surface area (Å²) >= 11 is 0. The third-order valence-corrected chi connectivity index (χ3v) is 9.47. The lowest BCUT2D eigenvalue weighted by Gasteiger charge is -2.45. The van der Waals surface area contributed by atoms with Gasteiger partial charge in [0.2, 0.25) is 5.91 Å². The van der Waals surface area contributed by atoms with Crippen LogP contribution in [0, 0.1) is 5.92 Å². The largest absolute Gasteiger partial charge is 0.497 e. The number of nitrogens with one attached hydrogen (secondary N) is 2. The highest BCUT2D eigenvalue weighted by atomic mass is 16.5. The number of hydrogen-bond acceptors (Lipinski definition) is 8. The first kappa shape index (κ1) is 32.9. The lowest BCUT2D eigenvalue weighted by atomic mass is 9.75. The molecule has 2 aliphatic rings. The Morgan fingerprint density at radius 1 is 0.792 bits per heavy atom. The third-order valence-electron chi connectivity index (χ3n) is 9.47. The van der Waals surface area contributed by atoms with Gasteiger partial charge in [-0.1, -0.05) is 60.7 Å². The molecule has 1 saturated carbocycles. The van der Waals surface area contributed by atoms with Gasteiger partial charge in [-0.2, -0.15) is 0 Å². The SMILES string of the molecule is COc1ccc([C@]23Oc4cc(OC)cc(OC)c4[C@](O)([C@H](C(=O)NCCCCNC(=O)c4ccccc4)[C@H]2c2ccccc2)[C@H]3O)cc1. The first-order valence-electron chi connectivity index (χ1n) is 16.0. The second kappa shape index (κ2) is 13.6. The average Bonchev–Trinajstić information content (AvgIpc) is 3.25. The molecule has 1 fully saturated rings. The van der Waals surface area contributed by atoms with E-state index in [0.717, 1.165) is 0 Å². The Bertz CT molecular complexity index is 1750. The monoisotopic (exact) mass is 652 g/mol. The summed E-state index contributed by atoms with van der Waals surface area (Å²) in [5, 5.41) is 31.3. The Hall–Kier alpha value is -5.06. The summed E-state index contributed by atoms with van der Waals surface area (Å²) in [6.45, 7) is 0.719.